The van der Waals surface area contributed by atoms with E-state index in [4.69, 9.17) is 0 Å². The first kappa shape index (κ1) is 18.1. The van der Waals surface area contributed by atoms with Crippen molar-refractivity contribution in [2.24, 2.45) is 16.7 Å². The Morgan fingerprint density at radius 1 is 1.15 bits per heavy atom. The highest BCUT2D eigenvalue weighted by molar-refractivity contribution is 7.89. The summed E-state index contributed by atoms with van der Waals surface area (Å²) in [5.74, 6) is 0.679. The van der Waals surface area contributed by atoms with Gasteiger partial charge in [-0.15, -0.1) is 0 Å². The maximum absolute atomic E-state index is 13.2. The monoisotopic (exact) mass is 373 g/mol. The number of rotatable bonds is 5. The summed E-state index contributed by atoms with van der Waals surface area (Å²) in [5, 5.41) is 0. The highest BCUT2D eigenvalue weighted by Gasteiger charge is 2.74. The van der Waals surface area contributed by atoms with Crippen LogP contribution >= 0.6 is 0 Å². The molecule has 0 N–H and O–H groups in total. The van der Waals surface area contributed by atoms with Crippen LogP contribution in [0.25, 0.3) is 0 Å². The van der Waals surface area contributed by atoms with E-state index in [0.29, 0.717) is 17.4 Å². The molecule has 1 spiro atoms. The Bertz CT molecular complexity index is 798. The van der Waals surface area contributed by atoms with Gasteiger partial charge in [0.25, 0.3) is 10.0 Å². The fraction of sp³-hybridized carbons (Fsp3) is 0.636. The number of sulfonamides is 1. The van der Waals surface area contributed by atoms with Gasteiger partial charge in [-0.3, -0.25) is 4.31 Å². The molecule has 0 radical (unpaired) electrons. The molecule has 0 aromatic heterocycles. The molecule has 3 atom stereocenters. The summed E-state index contributed by atoms with van der Waals surface area (Å²) in [6, 6.07) is 7.26. The lowest BCUT2D eigenvalue weighted by atomic mass is 9.82. The van der Waals surface area contributed by atoms with Crippen molar-refractivity contribution >= 4 is 10.0 Å². The van der Waals surface area contributed by atoms with Gasteiger partial charge in [-0.25, -0.2) is 8.42 Å². The van der Waals surface area contributed by atoms with Crippen molar-refractivity contribution < 1.29 is 8.42 Å². The van der Waals surface area contributed by atoms with Gasteiger partial charge in [0.15, 0.2) is 0 Å². The van der Waals surface area contributed by atoms with Crippen molar-refractivity contribution in [3.63, 3.8) is 0 Å². The minimum Gasteiger partial charge on any atom is -0.273 e. The minimum atomic E-state index is -3.45. The molecule has 3 nitrogen and oxygen atoms in total. The Balaban J connectivity index is 1.66. The van der Waals surface area contributed by atoms with Gasteiger partial charge in [0.05, 0.1) is 4.90 Å². The molecule has 3 aliphatic rings. The van der Waals surface area contributed by atoms with Crippen molar-refractivity contribution in [3.8, 4) is 0 Å². The van der Waals surface area contributed by atoms with Gasteiger partial charge in [-0.2, -0.15) is 0 Å². The number of hydrogen-bond acceptors (Lipinski definition) is 2. The van der Waals surface area contributed by atoms with Crippen LogP contribution in [-0.4, -0.2) is 19.3 Å². The molecule has 2 aliphatic carbocycles. The highest BCUT2D eigenvalue weighted by Crippen LogP contribution is 2.78. The molecule has 1 aromatic rings. The summed E-state index contributed by atoms with van der Waals surface area (Å²) < 4.78 is 28.1. The molecule has 1 heterocycles. The lowest BCUT2D eigenvalue weighted by Crippen LogP contribution is -2.37. The van der Waals surface area contributed by atoms with Crippen molar-refractivity contribution in [2.45, 2.75) is 70.1 Å². The SMILES string of the molecule is CCCCC12C=CN(S(=O)(=O)c3ccc(C)cc3)CC13CCCCCC23. The normalized spacial score (nSPS) is 33.3. The second-order valence-corrected chi connectivity index (χ2v) is 10.5. The largest absolute Gasteiger partial charge is 0.273 e. The molecule has 26 heavy (non-hydrogen) atoms. The van der Waals surface area contributed by atoms with Gasteiger partial charge in [0.2, 0.25) is 0 Å². The second kappa shape index (κ2) is 6.40. The summed E-state index contributed by atoms with van der Waals surface area (Å²) >= 11 is 0. The van der Waals surface area contributed by atoms with E-state index in [9.17, 15) is 8.42 Å². The number of fused-ring (bicyclic) bond motifs is 1. The van der Waals surface area contributed by atoms with Crippen LogP contribution in [0.3, 0.4) is 0 Å². The van der Waals surface area contributed by atoms with Crippen LogP contribution in [0, 0.1) is 23.7 Å². The number of hydrogen-bond donors (Lipinski definition) is 0. The zero-order valence-corrected chi connectivity index (χ0v) is 16.9. The van der Waals surface area contributed by atoms with Crippen LogP contribution in [0.15, 0.2) is 41.4 Å². The van der Waals surface area contributed by atoms with Crippen LogP contribution in [0.5, 0.6) is 0 Å². The van der Waals surface area contributed by atoms with E-state index in [-0.39, 0.29) is 10.8 Å². The molecule has 0 amide bonds. The van der Waals surface area contributed by atoms with E-state index in [1.165, 1.54) is 51.4 Å². The first-order chi connectivity index (χ1) is 12.5. The molecule has 2 fully saturated rings. The predicted molar refractivity (Wildman–Crippen MR) is 105 cm³/mol. The van der Waals surface area contributed by atoms with Gasteiger partial charge in [-0.1, -0.05) is 62.8 Å². The first-order valence-corrected chi connectivity index (χ1v) is 11.7. The maximum atomic E-state index is 13.2. The molecule has 4 heteroatoms. The quantitative estimate of drug-likeness (QED) is 0.705. The predicted octanol–water partition coefficient (Wildman–Crippen LogP) is 5.27. The lowest BCUT2D eigenvalue weighted by molar-refractivity contribution is 0.265. The number of benzene rings is 1. The van der Waals surface area contributed by atoms with Crippen molar-refractivity contribution in [2.75, 3.05) is 6.54 Å². The van der Waals surface area contributed by atoms with Crippen LogP contribution in [-0.2, 0) is 10.0 Å². The molecule has 3 unspecified atom stereocenters. The molecule has 1 aromatic carbocycles. The molecule has 0 saturated heterocycles. The van der Waals surface area contributed by atoms with Gasteiger partial charge in [0, 0.05) is 23.6 Å². The number of aryl methyl sites for hydroxylation is 1. The van der Waals surface area contributed by atoms with Crippen molar-refractivity contribution in [1.29, 1.82) is 0 Å². The topological polar surface area (TPSA) is 37.4 Å². The van der Waals surface area contributed by atoms with E-state index in [1.54, 1.807) is 16.4 Å². The molecule has 0 bridgehead atoms. The van der Waals surface area contributed by atoms with Gasteiger partial charge >= 0.3 is 0 Å². The fourth-order valence-electron chi connectivity index (χ4n) is 5.85. The van der Waals surface area contributed by atoms with E-state index >= 15 is 0 Å². The summed E-state index contributed by atoms with van der Waals surface area (Å²) in [5.41, 5.74) is 1.54. The lowest BCUT2D eigenvalue weighted by Gasteiger charge is -2.34. The minimum absolute atomic E-state index is 0.186. The van der Waals surface area contributed by atoms with Crippen LogP contribution < -0.4 is 0 Å². The summed E-state index contributed by atoms with van der Waals surface area (Å²) in [6.07, 6.45) is 14.2. The Hall–Kier alpha value is -1.29. The fourth-order valence-corrected chi connectivity index (χ4v) is 7.22. The summed E-state index contributed by atoms with van der Waals surface area (Å²) in [4.78, 5) is 0.413. The zero-order chi connectivity index (χ0) is 18.4. The average molecular weight is 374 g/mol. The Kier molecular flexibility index (Phi) is 4.45. The summed E-state index contributed by atoms with van der Waals surface area (Å²) in [6.45, 7) is 4.91. The van der Waals surface area contributed by atoms with Crippen molar-refractivity contribution in [3.05, 3.63) is 42.1 Å². The van der Waals surface area contributed by atoms with Gasteiger partial charge < -0.3 is 0 Å². The third-order valence-electron chi connectivity index (χ3n) is 7.30. The first-order valence-electron chi connectivity index (χ1n) is 10.2. The number of nitrogens with zero attached hydrogens (tertiary/aromatic N) is 1. The molecule has 2 saturated carbocycles. The van der Waals surface area contributed by atoms with E-state index in [0.717, 1.165) is 5.56 Å². The second-order valence-electron chi connectivity index (χ2n) is 8.63. The number of allylic oxidation sites excluding steroid dienone is 1. The summed E-state index contributed by atoms with van der Waals surface area (Å²) in [7, 11) is -3.45. The van der Waals surface area contributed by atoms with Crippen LogP contribution in [0.4, 0.5) is 0 Å². The molecule has 142 valence electrons. The third-order valence-corrected chi connectivity index (χ3v) is 9.03. The van der Waals surface area contributed by atoms with Crippen LogP contribution in [0.2, 0.25) is 0 Å². The Morgan fingerprint density at radius 2 is 1.92 bits per heavy atom. The highest BCUT2D eigenvalue weighted by atomic mass is 32.2. The molecular weight excluding hydrogens is 342 g/mol. The average Bonchev–Trinajstić information content (AvgIpc) is 3.26. The molecule has 1 aliphatic heterocycles. The Labute approximate surface area is 158 Å². The molecular formula is C22H31NO2S. The van der Waals surface area contributed by atoms with Crippen molar-refractivity contribution in [1.82, 2.24) is 4.31 Å². The Morgan fingerprint density at radius 3 is 2.65 bits per heavy atom. The maximum Gasteiger partial charge on any atom is 0.263 e. The van der Waals surface area contributed by atoms with E-state index < -0.39 is 10.0 Å². The van der Waals surface area contributed by atoms with Gasteiger partial charge in [-0.05, 0) is 44.2 Å². The van der Waals surface area contributed by atoms with Crippen LogP contribution in [0.1, 0.15) is 63.9 Å². The molecule has 4 rings (SSSR count). The van der Waals surface area contributed by atoms with E-state index in [2.05, 4.69) is 13.0 Å². The smallest absolute Gasteiger partial charge is 0.263 e. The van der Waals surface area contributed by atoms with E-state index in [1.807, 2.05) is 25.3 Å². The zero-order valence-electron chi connectivity index (χ0n) is 16.1. The third kappa shape index (κ3) is 2.56. The van der Waals surface area contributed by atoms with Gasteiger partial charge in [0.1, 0.15) is 0 Å². The standard InChI is InChI=1S/C22H31NO2S/c1-3-4-13-21-15-16-23(17-22(21)14-7-5-6-8-20(21)22)26(24,25)19-11-9-18(2)10-12-19/h9-12,15-16,20H,3-8,13-14,17H2,1-2H3. The number of unbranched alkanes of at least 4 members (excludes halogenated alkanes) is 1.